The second-order valence-corrected chi connectivity index (χ2v) is 11.0. The summed E-state index contributed by atoms with van der Waals surface area (Å²) >= 11 is 0. The Morgan fingerprint density at radius 3 is 2.61 bits per heavy atom. The molecule has 1 spiro atoms. The molecular formula is C29H36N2O5. The summed E-state index contributed by atoms with van der Waals surface area (Å²) in [5.74, 6) is 0.00698. The van der Waals surface area contributed by atoms with Crippen LogP contribution in [0.4, 0.5) is 5.69 Å². The van der Waals surface area contributed by atoms with Gasteiger partial charge < -0.3 is 24.4 Å². The largest absolute Gasteiger partial charge is 0.487 e. The lowest BCUT2D eigenvalue weighted by atomic mass is 9.68. The van der Waals surface area contributed by atoms with E-state index < -0.39 is 11.6 Å². The number of nitrogens with zero attached hydrogens (tertiary/aromatic N) is 2. The first-order valence-corrected chi connectivity index (χ1v) is 12.9. The maximum atomic E-state index is 13.6. The highest BCUT2D eigenvalue weighted by atomic mass is 16.5. The highest BCUT2D eigenvalue weighted by Gasteiger charge is 2.57. The quantitative estimate of drug-likeness (QED) is 0.642. The van der Waals surface area contributed by atoms with Gasteiger partial charge in [-0.3, -0.25) is 9.59 Å². The summed E-state index contributed by atoms with van der Waals surface area (Å²) in [6, 6.07) is 16.0. The number of carbonyl (C=O) groups is 2. The first kappa shape index (κ1) is 24.6. The van der Waals surface area contributed by atoms with E-state index in [1.54, 1.807) is 0 Å². The summed E-state index contributed by atoms with van der Waals surface area (Å²) in [6.07, 6.45) is 3.18. The van der Waals surface area contributed by atoms with Gasteiger partial charge in [-0.15, -0.1) is 0 Å². The number of aliphatic carboxylic acids is 1. The minimum Gasteiger partial charge on any atom is -0.487 e. The lowest BCUT2D eigenvalue weighted by molar-refractivity contribution is -0.179. The molecule has 1 amide bonds. The number of likely N-dealkylation sites (tertiary alicyclic amines) is 1. The third-order valence-corrected chi connectivity index (χ3v) is 8.39. The van der Waals surface area contributed by atoms with Crippen molar-refractivity contribution in [2.45, 2.75) is 62.7 Å². The van der Waals surface area contributed by atoms with Gasteiger partial charge in [-0.1, -0.05) is 30.3 Å². The third-order valence-electron chi connectivity index (χ3n) is 8.39. The lowest BCUT2D eigenvalue weighted by Gasteiger charge is -2.54. The topological polar surface area (TPSA) is 79.3 Å². The smallest absolute Gasteiger partial charge is 0.303 e. The number of carboxylic acid groups (broad SMARTS) is 1. The molecule has 1 N–H and O–H groups in total. The Labute approximate surface area is 213 Å². The van der Waals surface area contributed by atoms with Gasteiger partial charge in [0, 0.05) is 44.2 Å². The van der Waals surface area contributed by atoms with E-state index in [0.29, 0.717) is 19.4 Å². The summed E-state index contributed by atoms with van der Waals surface area (Å²) in [6.45, 7) is 3.22. The summed E-state index contributed by atoms with van der Waals surface area (Å²) in [7, 11) is 4.00. The molecule has 5 rings (SSSR count). The maximum Gasteiger partial charge on any atom is 0.303 e. The molecule has 0 aromatic heterocycles. The average molecular weight is 493 g/mol. The number of carbonyl (C=O) groups excluding carboxylic acids is 1. The summed E-state index contributed by atoms with van der Waals surface area (Å²) in [5, 5.41) is 9.41. The molecule has 2 aromatic rings. The van der Waals surface area contributed by atoms with Crippen molar-refractivity contribution < 1.29 is 24.2 Å². The van der Waals surface area contributed by atoms with Crippen molar-refractivity contribution in [2.75, 3.05) is 32.1 Å². The minimum atomic E-state index is -0.834. The number of hydrogen-bond acceptors (Lipinski definition) is 5. The van der Waals surface area contributed by atoms with E-state index in [2.05, 4.69) is 0 Å². The lowest BCUT2D eigenvalue weighted by Crippen LogP contribution is -2.60. The zero-order chi connectivity index (χ0) is 25.5. The van der Waals surface area contributed by atoms with Crippen LogP contribution in [0.2, 0.25) is 0 Å². The van der Waals surface area contributed by atoms with Gasteiger partial charge in [-0.05, 0) is 56.4 Å². The van der Waals surface area contributed by atoms with Crippen LogP contribution >= 0.6 is 0 Å². The standard InChI is InChI=1S/C29H36N2O5/c1-28(15-13-26(33)34)23-18-29(19-35-27(23)22-7-4-5-8-24(22)36-28)14-6-16-31(29)25(32)17-20-9-11-21(12-10-20)30(2)3/h4-5,7-12,23,27H,6,13-19H2,1-3H3,(H,33,34)/t23-,27+,28+,29+/m1/s1. The van der Waals surface area contributed by atoms with Crippen molar-refractivity contribution in [1.29, 1.82) is 0 Å². The fourth-order valence-electron chi connectivity index (χ4n) is 6.38. The van der Waals surface area contributed by atoms with Crippen molar-refractivity contribution >= 4 is 17.6 Å². The molecule has 7 nitrogen and oxygen atoms in total. The zero-order valence-electron chi connectivity index (χ0n) is 21.4. The molecule has 4 atom stereocenters. The number of rotatable bonds is 6. The fraction of sp³-hybridized carbons (Fsp3) is 0.517. The van der Waals surface area contributed by atoms with E-state index in [4.69, 9.17) is 9.47 Å². The van der Waals surface area contributed by atoms with Gasteiger partial charge in [0.2, 0.25) is 5.91 Å². The minimum absolute atomic E-state index is 0.0282. The molecule has 0 saturated carbocycles. The van der Waals surface area contributed by atoms with Crippen LogP contribution in [0, 0.1) is 5.92 Å². The van der Waals surface area contributed by atoms with Crippen LogP contribution in [0.3, 0.4) is 0 Å². The van der Waals surface area contributed by atoms with E-state index >= 15 is 0 Å². The molecule has 3 aliphatic heterocycles. The van der Waals surface area contributed by atoms with Crippen molar-refractivity contribution in [3.05, 3.63) is 59.7 Å². The molecule has 0 radical (unpaired) electrons. The number of benzene rings is 2. The molecule has 2 fully saturated rings. The van der Waals surface area contributed by atoms with Crippen LogP contribution in [-0.2, 0) is 20.7 Å². The number of hydrogen-bond donors (Lipinski definition) is 1. The predicted octanol–water partition coefficient (Wildman–Crippen LogP) is 4.45. The summed E-state index contributed by atoms with van der Waals surface area (Å²) in [5.41, 5.74) is 2.05. The number of para-hydroxylation sites is 1. The maximum absolute atomic E-state index is 13.6. The number of anilines is 1. The highest BCUT2D eigenvalue weighted by molar-refractivity contribution is 5.80. The molecule has 3 aliphatic rings. The molecule has 3 heterocycles. The van der Waals surface area contributed by atoms with E-state index in [9.17, 15) is 14.7 Å². The zero-order valence-corrected chi connectivity index (χ0v) is 21.4. The average Bonchev–Trinajstić information content (AvgIpc) is 3.26. The van der Waals surface area contributed by atoms with Gasteiger partial charge in [-0.2, -0.15) is 0 Å². The summed E-state index contributed by atoms with van der Waals surface area (Å²) < 4.78 is 13.1. The molecule has 2 aromatic carbocycles. The normalized spacial score (nSPS) is 28.8. The van der Waals surface area contributed by atoms with E-state index in [1.807, 2.05) is 79.3 Å². The third kappa shape index (κ3) is 4.45. The van der Waals surface area contributed by atoms with Crippen molar-refractivity contribution in [1.82, 2.24) is 4.90 Å². The van der Waals surface area contributed by atoms with Crippen LogP contribution in [0.1, 0.15) is 56.3 Å². The van der Waals surface area contributed by atoms with Crippen molar-refractivity contribution in [3.8, 4) is 5.75 Å². The Balaban J connectivity index is 1.40. The molecular weight excluding hydrogens is 456 g/mol. The van der Waals surface area contributed by atoms with Crippen LogP contribution in [-0.4, -0.2) is 60.3 Å². The molecule has 0 bridgehead atoms. The summed E-state index contributed by atoms with van der Waals surface area (Å²) in [4.78, 5) is 29.2. The molecule has 36 heavy (non-hydrogen) atoms. The van der Waals surface area contributed by atoms with Gasteiger partial charge in [0.1, 0.15) is 11.4 Å². The van der Waals surface area contributed by atoms with Crippen LogP contribution in [0.25, 0.3) is 0 Å². The second-order valence-electron chi connectivity index (χ2n) is 11.0. The fourth-order valence-corrected chi connectivity index (χ4v) is 6.38. The highest BCUT2D eigenvalue weighted by Crippen LogP contribution is 2.55. The van der Waals surface area contributed by atoms with Crippen molar-refractivity contribution in [2.24, 2.45) is 5.92 Å². The molecule has 0 unspecified atom stereocenters. The van der Waals surface area contributed by atoms with Gasteiger partial charge in [0.15, 0.2) is 0 Å². The number of fused-ring (bicyclic) bond motifs is 3. The Morgan fingerprint density at radius 2 is 1.89 bits per heavy atom. The van der Waals surface area contributed by atoms with Crippen LogP contribution in [0.5, 0.6) is 5.75 Å². The van der Waals surface area contributed by atoms with Gasteiger partial charge in [0.25, 0.3) is 0 Å². The first-order valence-electron chi connectivity index (χ1n) is 12.9. The Bertz CT molecular complexity index is 1130. The van der Waals surface area contributed by atoms with Gasteiger partial charge >= 0.3 is 5.97 Å². The second kappa shape index (κ2) is 9.43. The van der Waals surface area contributed by atoms with Gasteiger partial charge in [0.05, 0.1) is 24.7 Å². The number of carboxylic acids is 1. The monoisotopic (exact) mass is 492 g/mol. The molecule has 0 aliphatic carbocycles. The number of amides is 1. The molecule has 2 saturated heterocycles. The molecule has 192 valence electrons. The Kier molecular flexibility index (Phi) is 6.45. The van der Waals surface area contributed by atoms with Crippen LogP contribution in [0.15, 0.2) is 48.5 Å². The molecule has 7 heteroatoms. The van der Waals surface area contributed by atoms with E-state index in [1.165, 1.54) is 0 Å². The van der Waals surface area contributed by atoms with E-state index in [0.717, 1.165) is 48.4 Å². The van der Waals surface area contributed by atoms with Crippen LogP contribution < -0.4 is 9.64 Å². The Hall–Kier alpha value is -3.06. The first-order chi connectivity index (χ1) is 17.2. The predicted molar refractivity (Wildman–Crippen MR) is 137 cm³/mol. The van der Waals surface area contributed by atoms with Gasteiger partial charge in [-0.25, -0.2) is 0 Å². The van der Waals surface area contributed by atoms with Crippen molar-refractivity contribution in [3.63, 3.8) is 0 Å². The van der Waals surface area contributed by atoms with E-state index in [-0.39, 0.29) is 29.9 Å². The Morgan fingerprint density at radius 1 is 1.14 bits per heavy atom. The number of ether oxygens (including phenoxy) is 2. The SMILES string of the molecule is CN(C)c1ccc(CC(=O)N2CCC[C@]23CO[C@H]2c4ccccc4O[C@@](C)(CCC(=O)O)[C@@H]2C3)cc1.